The first kappa shape index (κ1) is 34.9. The lowest BCUT2D eigenvalue weighted by molar-refractivity contribution is 0.590. The zero-order valence-corrected chi connectivity index (χ0v) is 35.3. The topological polar surface area (TPSA) is 6.48 Å². The van der Waals surface area contributed by atoms with E-state index in [-0.39, 0.29) is 12.1 Å². The molecule has 8 aromatic rings. The first-order valence-corrected chi connectivity index (χ1v) is 22.0. The number of rotatable bonds is 3. The molecule has 4 aliphatic rings. The van der Waals surface area contributed by atoms with Crippen LogP contribution in [-0.2, 0) is 10.8 Å². The summed E-state index contributed by atoms with van der Waals surface area (Å²) in [4.78, 5) is 6.61. The summed E-state index contributed by atoms with van der Waals surface area (Å²) >= 11 is 2.07. The first-order valence-electron chi connectivity index (χ1n) is 21.2. The van der Waals surface area contributed by atoms with Gasteiger partial charge in [-0.05, 0) is 122 Å². The molecule has 0 bridgehead atoms. The number of nitrogens with zero attached hydrogens (tertiary/aromatic N) is 2. The summed E-state index contributed by atoms with van der Waals surface area (Å²) in [6.45, 7) is 13.9. The van der Waals surface area contributed by atoms with Crippen molar-refractivity contribution in [1.29, 1.82) is 0 Å². The number of hydrogen-bond donors (Lipinski definition) is 0. The van der Waals surface area contributed by atoms with Gasteiger partial charge in [0.15, 0.2) is 0 Å². The van der Waals surface area contributed by atoms with E-state index in [0.717, 1.165) is 0 Å². The van der Waals surface area contributed by atoms with Crippen molar-refractivity contribution in [2.24, 2.45) is 0 Å². The molecule has 0 amide bonds. The van der Waals surface area contributed by atoms with Crippen LogP contribution in [0.25, 0.3) is 22.3 Å². The summed E-state index contributed by atoms with van der Waals surface area (Å²) in [6, 6.07) is 60.4. The maximum absolute atomic E-state index is 2.66. The molecule has 2 aliphatic carbocycles. The molecule has 0 saturated carbocycles. The van der Waals surface area contributed by atoms with E-state index in [1.54, 1.807) is 0 Å². The molecule has 284 valence electrons. The third-order valence-electron chi connectivity index (χ3n) is 13.6. The van der Waals surface area contributed by atoms with Gasteiger partial charge in [0, 0.05) is 43.7 Å². The molecule has 0 fully saturated rings. The van der Waals surface area contributed by atoms with Crippen LogP contribution in [0.5, 0.6) is 0 Å². The molecule has 0 atom stereocenters. The van der Waals surface area contributed by atoms with Gasteiger partial charge in [0.1, 0.15) is 0 Å². The predicted octanol–water partition coefficient (Wildman–Crippen LogP) is 12.9. The Balaban J connectivity index is 1.24. The molecular formula is C55H45BN2S. The first-order chi connectivity index (χ1) is 28.7. The van der Waals surface area contributed by atoms with Crippen molar-refractivity contribution in [1.82, 2.24) is 0 Å². The van der Waals surface area contributed by atoms with E-state index in [2.05, 4.69) is 220 Å². The van der Waals surface area contributed by atoms with E-state index in [1.807, 2.05) is 0 Å². The zero-order valence-electron chi connectivity index (χ0n) is 34.5. The van der Waals surface area contributed by atoms with Crippen LogP contribution in [0.2, 0.25) is 0 Å². The van der Waals surface area contributed by atoms with Gasteiger partial charge in [-0.3, -0.25) is 0 Å². The summed E-state index contributed by atoms with van der Waals surface area (Å²) in [5.41, 5.74) is 23.5. The zero-order chi connectivity index (χ0) is 39.9. The largest absolute Gasteiger partial charge is 0.311 e. The van der Waals surface area contributed by atoms with Crippen molar-refractivity contribution in [3.05, 3.63) is 196 Å². The Hall–Kier alpha value is -6.10. The van der Waals surface area contributed by atoms with Crippen LogP contribution in [0.15, 0.2) is 158 Å². The van der Waals surface area contributed by atoms with E-state index >= 15 is 0 Å². The van der Waals surface area contributed by atoms with E-state index in [1.165, 1.54) is 110 Å². The molecule has 59 heavy (non-hydrogen) atoms. The number of para-hydroxylation sites is 2. The molecule has 0 unspecified atom stereocenters. The quantitative estimate of drug-likeness (QED) is 0.165. The normalized spacial score (nSPS) is 14.8. The highest BCUT2D eigenvalue weighted by atomic mass is 32.1. The highest BCUT2D eigenvalue weighted by Gasteiger charge is 2.57. The maximum atomic E-state index is 2.66. The molecule has 2 nitrogen and oxygen atoms in total. The van der Waals surface area contributed by atoms with Crippen molar-refractivity contribution in [3.63, 3.8) is 0 Å². The van der Waals surface area contributed by atoms with E-state index in [9.17, 15) is 0 Å². The van der Waals surface area contributed by atoms with Crippen molar-refractivity contribution < 1.29 is 0 Å². The summed E-state index contributed by atoms with van der Waals surface area (Å²) in [5, 5.41) is 0. The summed E-state index contributed by atoms with van der Waals surface area (Å²) < 4.78 is 1.42. The van der Waals surface area contributed by atoms with E-state index in [4.69, 9.17) is 0 Å². The fourth-order valence-electron chi connectivity index (χ4n) is 11.0. The number of hydrogen-bond acceptors (Lipinski definition) is 3. The van der Waals surface area contributed by atoms with E-state index in [0.29, 0.717) is 5.92 Å². The van der Waals surface area contributed by atoms with Gasteiger partial charge in [-0.15, -0.1) is 11.3 Å². The average molecular weight is 777 g/mol. The second-order valence-electron chi connectivity index (χ2n) is 18.3. The number of aryl methyl sites for hydroxylation is 1. The van der Waals surface area contributed by atoms with Crippen molar-refractivity contribution in [2.45, 2.75) is 58.3 Å². The van der Waals surface area contributed by atoms with Gasteiger partial charge in [-0.1, -0.05) is 150 Å². The summed E-state index contributed by atoms with van der Waals surface area (Å²) in [7, 11) is 0. The molecule has 4 heteroatoms. The van der Waals surface area contributed by atoms with Crippen molar-refractivity contribution in [2.75, 3.05) is 9.80 Å². The Morgan fingerprint density at radius 3 is 1.86 bits per heavy atom. The van der Waals surface area contributed by atoms with Crippen LogP contribution in [0, 0.1) is 6.92 Å². The predicted molar refractivity (Wildman–Crippen MR) is 252 cm³/mol. The lowest BCUT2D eigenvalue weighted by atomic mass is 9.36. The number of anilines is 6. The monoisotopic (exact) mass is 776 g/mol. The standard InChI is InChI=1S/C55H45BN2S/c1-33(2)35-24-29-41-44(32-35)55(42-20-12-10-18-39(42)40-19-11-13-21-43(40)55)52-49(41)51-53(59-52)56-45-22-14-15-23-46(45)57(37-16-8-7-9-17-37)47-30-34(3)31-48(50(47)56)58(51)38-27-25-36(26-28-38)54(4,5)6/h7-33H,1-6H3. The van der Waals surface area contributed by atoms with Crippen LogP contribution in [0.4, 0.5) is 34.1 Å². The number of thiophene rings is 1. The number of benzene rings is 7. The average Bonchev–Trinajstić information content (AvgIpc) is 3.87. The minimum Gasteiger partial charge on any atom is -0.311 e. The Bertz CT molecular complexity index is 2990. The summed E-state index contributed by atoms with van der Waals surface area (Å²) in [5.74, 6) is 0.411. The highest BCUT2D eigenvalue weighted by Crippen LogP contribution is 2.67. The van der Waals surface area contributed by atoms with Gasteiger partial charge >= 0.3 is 0 Å². The second-order valence-corrected chi connectivity index (χ2v) is 19.4. The van der Waals surface area contributed by atoms with Crippen LogP contribution in [-0.4, -0.2) is 6.71 Å². The van der Waals surface area contributed by atoms with Crippen LogP contribution < -0.4 is 25.5 Å². The van der Waals surface area contributed by atoms with E-state index < -0.39 is 5.41 Å². The Morgan fingerprint density at radius 2 is 1.19 bits per heavy atom. The third kappa shape index (κ3) is 4.59. The Kier molecular flexibility index (Phi) is 7.23. The van der Waals surface area contributed by atoms with Gasteiger partial charge in [0.2, 0.25) is 0 Å². The molecule has 1 spiro atoms. The minimum absolute atomic E-state index is 0.0470. The molecule has 0 saturated heterocycles. The van der Waals surface area contributed by atoms with Gasteiger partial charge in [0.05, 0.1) is 11.1 Å². The van der Waals surface area contributed by atoms with Gasteiger partial charge in [-0.2, -0.15) is 0 Å². The lowest BCUT2D eigenvalue weighted by Gasteiger charge is -2.43. The fraction of sp³-hybridized carbons (Fsp3) is 0.164. The third-order valence-corrected chi connectivity index (χ3v) is 15.0. The van der Waals surface area contributed by atoms with Crippen LogP contribution in [0.3, 0.4) is 0 Å². The molecule has 1 aromatic heterocycles. The van der Waals surface area contributed by atoms with Gasteiger partial charge < -0.3 is 9.80 Å². The Morgan fingerprint density at radius 1 is 0.576 bits per heavy atom. The SMILES string of the molecule is Cc1cc2c3c(c1)N(c1ccc(C(C)(C)C)cc1)c1c(sc4c1-c1ccc(C(C)C)cc1C41c4ccccc4-c4ccccc41)B3c1ccccc1N2c1ccccc1. The van der Waals surface area contributed by atoms with Crippen LogP contribution >= 0.6 is 11.3 Å². The molecule has 7 aromatic carbocycles. The smallest absolute Gasteiger partial charge is 0.264 e. The second kappa shape index (κ2) is 12.2. The molecule has 12 rings (SSSR count). The maximum Gasteiger partial charge on any atom is 0.264 e. The van der Waals surface area contributed by atoms with Crippen molar-refractivity contribution in [3.8, 4) is 22.3 Å². The minimum atomic E-state index is -0.429. The van der Waals surface area contributed by atoms with Crippen molar-refractivity contribution >= 4 is 67.9 Å². The van der Waals surface area contributed by atoms with Crippen LogP contribution in [0.1, 0.15) is 78.8 Å². The summed E-state index contributed by atoms with van der Waals surface area (Å²) in [6.07, 6.45) is 0. The van der Waals surface area contributed by atoms with Gasteiger partial charge in [-0.25, -0.2) is 0 Å². The molecule has 3 heterocycles. The molecule has 2 aliphatic heterocycles. The Labute approximate surface area is 352 Å². The fourth-order valence-corrected chi connectivity index (χ4v) is 12.7. The highest BCUT2D eigenvalue weighted by molar-refractivity contribution is 7.30. The molecule has 0 radical (unpaired) electrons. The number of fused-ring (bicyclic) bond motifs is 15. The molecular weight excluding hydrogens is 731 g/mol. The molecule has 0 N–H and O–H groups in total. The van der Waals surface area contributed by atoms with Gasteiger partial charge in [0.25, 0.3) is 6.71 Å². The lowest BCUT2D eigenvalue weighted by Crippen LogP contribution is -2.60.